The number of benzene rings is 11. The van der Waals surface area contributed by atoms with Gasteiger partial charge in [0.2, 0.25) is 0 Å². The normalized spacial score (nSPS) is 16.7. The second-order valence-corrected chi connectivity index (χ2v) is 28.1. The summed E-state index contributed by atoms with van der Waals surface area (Å²) in [6.07, 6.45) is 14.9. The van der Waals surface area contributed by atoms with E-state index in [0.29, 0.717) is 11.8 Å². The Bertz CT molecular complexity index is 5520. The molecule has 94 heavy (non-hydrogen) atoms. The minimum Gasteiger partial charge on any atom is -0.458 e. The van der Waals surface area contributed by atoms with Crippen molar-refractivity contribution in [3.8, 4) is 45.1 Å². The van der Waals surface area contributed by atoms with Gasteiger partial charge in [0, 0.05) is 72.7 Å². The van der Waals surface area contributed by atoms with Crippen molar-refractivity contribution in [1.29, 1.82) is 0 Å². The van der Waals surface area contributed by atoms with Gasteiger partial charge in [0.15, 0.2) is 0 Å². The van der Waals surface area contributed by atoms with Crippen molar-refractivity contribution in [2.24, 2.45) is 5.92 Å². The van der Waals surface area contributed by atoms with Crippen LogP contribution in [-0.4, -0.2) is 26.5 Å². The molecule has 0 fully saturated rings. The van der Waals surface area contributed by atoms with Crippen LogP contribution in [0.4, 0.5) is 11.4 Å². The lowest BCUT2D eigenvalue weighted by Crippen LogP contribution is -2.57. The van der Waals surface area contributed by atoms with E-state index in [-0.39, 0.29) is 30.5 Å². The highest BCUT2D eigenvalue weighted by Crippen LogP contribution is 2.51. The summed E-state index contributed by atoms with van der Waals surface area (Å²) >= 11 is 0. The zero-order chi connectivity index (χ0) is 63.2. The fourth-order valence-corrected chi connectivity index (χ4v) is 17.0. The Balaban J connectivity index is 0.772. The van der Waals surface area contributed by atoms with Crippen LogP contribution in [-0.2, 0) is 0 Å². The van der Waals surface area contributed by atoms with Gasteiger partial charge in [-0.1, -0.05) is 187 Å². The zero-order valence-electron chi connectivity index (χ0n) is 54.6. The summed E-state index contributed by atoms with van der Waals surface area (Å²) in [5.41, 5.74) is 27.8. The van der Waals surface area contributed by atoms with Crippen molar-refractivity contribution < 1.29 is 4.74 Å². The fourth-order valence-electron chi connectivity index (χ4n) is 17.0. The molecule has 0 saturated carbocycles. The molecule has 5 heterocycles. The van der Waals surface area contributed by atoms with Crippen LogP contribution in [0.2, 0.25) is 0 Å². The van der Waals surface area contributed by atoms with Crippen molar-refractivity contribution in [1.82, 2.24) is 13.7 Å². The third-order valence-electron chi connectivity index (χ3n) is 21.4. The molecule has 4 aliphatic rings. The third-order valence-corrected chi connectivity index (χ3v) is 21.4. The number of ether oxygens (including phenoxy) is 1. The second-order valence-electron chi connectivity index (χ2n) is 28.1. The van der Waals surface area contributed by atoms with Crippen molar-refractivity contribution in [3.63, 3.8) is 0 Å². The number of fused-ring (bicyclic) bond motifs is 14. The lowest BCUT2D eigenvalue weighted by molar-refractivity contribution is 0.487. The molecule has 2 aliphatic heterocycles. The maximum atomic E-state index is 7.30. The van der Waals surface area contributed by atoms with Crippen LogP contribution >= 0.6 is 0 Å². The first kappa shape index (κ1) is 56.5. The topological polar surface area (TPSA) is 27.3 Å². The fraction of sp³-hybridized carbons (Fsp3) is 0.182. The number of allylic oxidation sites excluding steroid dienone is 5. The Morgan fingerprint density at radius 1 is 0.436 bits per heavy atom. The van der Waals surface area contributed by atoms with Crippen LogP contribution in [0.5, 0.6) is 11.5 Å². The van der Waals surface area contributed by atoms with Crippen LogP contribution < -0.4 is 26.0 Å². The van der Waals surface area contributed by atoms with Gasteiger partial charge in [-0.25, -0.2) is 0 Å². The molecule has 0 N–H and O–H groups in total. The maximum absolute atomic E-state index is 7.30. The molecular formula is C88H75BN4O. The van der Waals surface area contributed by atoms with Gasteiger partial charge in [0.1, 0.15) is 11.5 Å². The number of anilines is 2. The highest BCUT2D eigenvalue weighted by Gasteiger charge is 2.42. The number of nitrogens with zero attached hydrogens (tertiary/aromatic N) is 4. The highest BCUT2D eigenvalue weighted by atomic mass is 16.5. The number of hydrogen-bond acceptors (Lipinski definition) is 2. The Kier molecular flexibility index (Phi) is 13.2. The SMILES string of the molecule is CC1C=CC=C(n2c3ccccc3c3cc(-c4ccc5c(c4)C4C=CCCC4N5c4ccc5c(c4)B(c4c(C(C)C)cc(C(C)C)cc4C(C)C)c4cc(-n6c7ccccc7c7cc(-c8ccc9c(c8)c8ccccc8n9-c8ccccc8)ccc76)ccc4O5)ccc32)C1. The van der Waals surface area contributed by atoms with Gasteiger partial charge in [-0.15, -0.1) is 0 Å². The van der Waals surface area contributed by atoms with Crippen LogP contribution in [0.3, 0.4) is 0 Å². The van der Waals surface area contributed by atoms with E-state index < -0.39 is 0 Å². The molecule has 0 saturated heterocycles. The minimum absolute atomic E-state index is 0.112. The summed E-state index contributed by atoms with van der Waals surface area (Å²) in [6, 6.07) is 85.6. The van der Waals surface area contributed by atoms with Gasteiger partial charge >= 0.3 is 0 Å². The van der Waals surface area contributed by atoms with Gasteiger partial charge in [-0.05, 0) is 220 Å². The minimum atomic E-state index is -0.112. The Morgan fingerprint density at radius 2 is 0.936 bits per heavy atom. The van der Waals surface area contributed by atoms with Gasteiger partial charge in [-0.3, -0.25) is 0 Å². The lowest BCUT2D eigenvalue weighted by Gasteiger charge is -2.35. The summed E-state index contributed by atoms with van der Waals surface area (Å²) in [5, 5.41) is 7.56. The van der Waals surface area contributed by atoms with E-state index in [1.54, 1.807) is 0 Å². The summed E-state index contributed by atoms with van der Waals surface area (Å²) in [4.78, 5) is 2.70. The summed E-state index contributed by atoms with van der Waals surface area (Å²) < 4.78 is 14.7. The smallest absolute Gasteiger partial charge is 0.251 e. The average molecular weight is 1220 g/mol. The molecule has 18 rings (SSSR count). The van der Waals surface area contributed by atoms with Crippen LogP contribution in [0.15, 0.2) is 255 Å². The third kappa shape index (κ3) is 8.81. The molecule has 3 aromatic heterocycles. The first-order valence-corrected chi connectivity index (χ1v) is 34.3. The highest BCUT2D eigenvalue weighted by molar-refractivity contribution is 6.97. The Morgan fingerprint density at radius 3 is 1.51 bits per heavy atom. The molecule has 5 nitrogen and oxygen atoms in total. The summed E-state index contributed by atoms with van der Waals surface area (Å²) in [6.45, 7) is 16.5. The average Bonchev–Trinajstić information content (AvgIpc) is 1.23. The van der Waals surface area contributed by atoms with Gasteiger partial charge in [-0.2, -0.15) is 0 Å². The molecule has 14 aromatic rings. The van der Waals surface area contributed by atoms with Crippen molar-refractivity contribution in [2.75, 3.05) is 4.90 Å². The molecule has 0 bridgehead atoms. The Labute approximate surface area is 551 Å². The Hall–Kier alpha value is -10.3. The van der Waals surface area contributed by atoms with E-state index in [0.717, 1.165) is 36.4 Å². The monoisotopic (exact) mass is 1210 g/mol. The zero-order valence-corrected chi connectivity index (χ0v) is 54.6. The van der Waals surface area contributed by atoms with E-state index >= 15 is 0 Å². The molecule has 456 valence electrons. The van der Waals surface area contributed by atoms with E-state index in [1.165, 1.54) is 149 Å². The van der Waals surface area contributed by atoms with Gasteiger partial charge < -0.3 is 23.3 Å². The van der Waals surface area contributed by atoms with E-state index in [4.69, 9.17) is 4.74 Å². The quantitative estimate of drug-likeness (QED) is 0.101. The number of rotatable bonds is 10. The molecule has 11 aromatic carbocycles. The van der Waals surface area contributed by atoms with E-state index in [2.05, 4.69) is 322 Å². The standard InChI is InChI=1S/C88H75BN4O/c1-53(2)61-49-70(54(3)4)88(71(50-61)55(5)6)89-76-51-64(92-80-30-17-13-26-68(80)74-47-59(34-40-84(74)92)57-32-38-82-72(45-57)66-24-11-15-28-78(66)90(82)62-21-9-8-10-22-62)36-42-86(76)94-87-43-37-65(52-77(87)89)93-81-31-18-14-27-69(81)75-48-60(35-41-85(75)93)58-33-39-83-73(46-58)67-25-12-16-29-79(67)91(83)63-23-19-20-56(7)44-63/h8-17,19-30,32-43,45-56,69,81H,18,31,44H2,1-7H3. The van der Waals surface area contributed by atoms with Crippen molar-refractivity contribution in [2.45, 2.75) is 97.4 Å². The number of aromatic nitrogens is 3. The predicted molar refractivity (Wildman–Crippen MR) is 400 cm³/mol. The molecule has 0 spiro atoms. The van der Waals surface area contributed by atoms with Crippen molar-refractivity contribution in [3.05, 3.63) is 277 Å². The molecule has 0 radical (unpaired) electrons. The second kappa shape index (κ2) is 21.9. The van der Waals surface area contributed by atoms with Crippen molar-refractivity contribution >= 4 is 106 Å². The number of para-hydroxylation sites is 4. The molecule has 3 atom stereocenters. The van der Waals surface area contributed by atoms with Crippen LogP contribution in [0.1, 0.15) is 114 Å². The largest absolute Gasteiger partial charge is 0.458 e. The van der Waals surface area contributed by atoms with Crippen LogP contribution in [0.25, 0.3) is 105 Å². The molecular weight excluding hydrogens is 1140 g/mol. The summed E-state index contributed by atoms with van der Waals surface area (Å²) in [7, 11) is 0. The maximum Gasteiger partial charge on any atom is 0.251 e. The predicted octanol–water partition coefficient (Wildman–Crippen LogP) is 21.7. The van der Waals surface area contributed by atoms with E-state index in [1.807, 2.05) is 0 Å². The first-order chi connectivity index (χ1) is 46.0. The van der Waals surface area contributed by atoms with Gasteiger partial charge in [0.05, 0.1) is 33.1 Å². The first-order valence-electron chi connectivity index (χ1n) is 34.3. The molecule has 0 amide bonds. The van der Waals surface area contributed by atoms with E-state index in [9.17, 15) is 0 Å². The number of hydrogen-bond donors (Lipinski definition) is 0. The van der Waals surface area contributed by atoms with Gasteiger partial charge in [0.25, 0.3) is 6.71 Å². The summed E-state index contributed by atoms with van der Waals surface area (Å²) in [5.74, 6) is 3.56. The lowest BCUT2D eigenvalue weighted by atomic mass is 9.33. The molecule has 6 heteroatoms. The molecule has 2 aliphatic carbocycles. The van der Waals surface area contributed by atoms with Crippen LogP contribution in [0, 0.1) is 5.92 Å². The molecule has 3 unspecified atom stereocenters.